The van der Waals surface area contributed by atoms with E-state index in [1.54, 1.807) is 17.2 Å². The van der Waals surface area contributed by atoms with Crippen molar-refractivity contribution in [3.05, 3.63) is 16.5 Å². The number of thiophene rings is 1. The largest absolute Gasteiger partial charge is 0.378 e. The monoisotopic (exact) mass is 309 g/mol. The SMILES string of the molecule is Cc1c(C(=O)N2CCOCC2)csc1S(=O)(=O)Cl. The van der Waals surface area contributed by atoms with Crippen molar-refractivity contribution in [2.75, 3.05) is 26.3 Å². The van der Waals surface area contributed by atoms with Crippen LogP contribution in [0, 0.1) is 6.92 Å². The fourth-order valence-corrected chi connectivity index (χ4v) is 4.33. The molecule has 1 aliphatic heterocycles. The van der Waals surface area contributed by atoms with Crippen molar-refractivity contribution in [3.8, 4) is 0 Å². The van der Waals surface area contributed by atoms with Crippen molar-refractivity contribution in [1.82, 2.24) is 4.90 Å². The molecule has 0 aliphatic carbocycles. The highest BCUT2D eigenvalue weighted by Gasteiger charge is 2.25. The van der Waals surface area contributed by atoms with Crippen molar-refractivity contribution >= 4 is 37.0 Å². The summed E-state index contributed by atoms with van der Waals surface area (Å²) in [6, 6.07) is 0. The maximum Gasteiger partial charge on any atom is 0.271 e. The van der Waals surface area contributed by atoms with Crippen LogP contribution in [0.15, 0.2) is 9.59 Å². The van der Waals surface area contributed by atoms with E-state index in [0.29, 0.717) is 37.4 Å². The molecule has 5 nitrogen and oxygen atoms in total. The zero-order chi connectivity index (χ0) is 13.3. The molecule has 1 amide bonds. The van der Waals surface area contributed by atoms with Gasteiger partial charge in [0.15, 0.2) is 0 Å². The van der Waals surface area contributed by atoms with Crippen molar-refractivity contribution in [2.24, 2.45) is 0 Å². The van der Waals surface area contributed by atoms with E-state index in [1.807, 2.05) is 0 Å². The summed E-state index contributed by atoms with van der Waals surface area (Å²) in [6.07, 6.45) is 0. The number of ether oxygens (including phenoxy) is 1. The number of rotatable bonds is 2. The molecule has 18 heavy (non-hydrogen) atoms. The van der Waals surface area contributed by atoms with Crippen LogP contribution in [0.4, 0.5) is 0 Å². The number of hydrogen-bond donors (Lipinski definition) is 0. The smallest absolute Gasteiger partial charge is 0.271 e. The van der Waals surface area contributed by atoms with Gasteiger partial charge in [-0.2, -0.15) is 0 Å². The average Bonchev–Trinajstić information content (AvgIpc) is 2.71. The second kappa shape index (κ2) is 5.16. The molecule has 0 radical (unpaired) electrons. The molecular weight excluding hydrogens is 298 g/mol. The Morgan fingerprint density at radius 3 is 2.56 bits per heavy atom. The minimum absolute atomic E-state index is 0.0424. The Hall–Kier alpha value is -0.630. The molecule has 0 N–H and O–H groups in total. The molecule has 1 aliphatic rings. The molecule has 8 heteroatoms. The second-order valence-electron chi connectivity index (χ2n) is 3.90. The lowest BCUT2D eigenvalue weighted by Gasteiger charge is -2.26. The summed E-state index contributed by atoms with van der Waals surface area (Å²) in [7, 11) is 1.52. The van der Waals surface area contributed by atoms with Gasteiger partial charge in [-0.05, 0) is 12.5 Å². The van der Waals surface area contributed by atoms with E-state index in [-0.39, 0.29) is 10.1 Å². The summed E-state index contributed by atoms with van der Waals surface area (Å²) in [5.41, 5.74) is 0.826. The molecule has 1 aromatic heterocycles. The van der Waals surface area contributed by atoms with E-state index >= 15 is 0 Å². The standard InChI is InChI=1S/C10H12ClNO4S2/c1-7-8(6-17-10(7)18(11,14)15)9(13)12-2-4-16-5-3-12/h6H,2-5H2,1H3. The molecule has 2 rings (SSSR count). The fourth-order valence-electron chi connectivity index (χ4n) is 1.79. The lowest BCUT2D eigenvalue weighted by molar-refractivity contribution is 0.0302. The molecule has 2 heterocycles. The maximum absolute atomic E-state index is 12.2. The molecular formula is C10H12ClNO4S2. The van der Waals surface area contributed by atoms with Crippen LogP contribution in [0.3, 0.4) is 0 Å². The Balaban J connectivity index is 2.29. The van der Waals surface area contributed by atoms with Gasteiger partial charge in [0.25, 0.3) is 15.0 Å². The van der Waals surface area contributed by atoms with Crippen LogP contribution in [0.5, 0.6) is 0 Å². The van der Waals surface area contributed by atoms with E-state index in [1.165, 1.54) is 0 Å². The highest BCUT2D eigenvalue weighted by Crippen LogP contribution is 2.30. The van der Waals surface area contributed by atoms with E-state index in [4.69, 9.17) is 15.4 Å². The van der Waals surface area contributed by atoms with Gasteiger partial charge in [0.2, 0.25) is 0 Å². The lowest BCUT2D eigenvalue weighted by Crippen LogP contribution is -2.40. The number of nitrogens with zero attached hydrogens (tertiary/aromatic N) is 1. The summed E-state index contributed by atoms with van der Waals surface area (Å²) in [5.74, 6) is -0.168. The summed E-state index contributed by atoms with van der Waals surface area (Å²) >= 11 is 0.977. The average molecular weight is 310 g/mol. The number of carbonyl (C=O) groups excluding carboxylic acids is 1. The predicted octanol–water partition coefficient (Wildman–Crippen LogP) is 1.46. The highest BCUT2D eigenvalue weighted by atomic mass is 35.7. The number of morpholine rings is 1. The van der Waals surface area contributed by atoms with E-state index in [0.717, 1.165) is 11.3 Å². The van der Waals surface area contributed by atoms with E-state index in [9.17, 15) is 13.2 Å². The van der Waals surface area contributed by atoms with Gasteiger partial charge in [0.05, 0.1) is 18.8 Å². The van der Waals surface area contributed by atoms with Crippen LogP contribution in [0.1, 0.15) is 15.9 Å². The van der Waals surface area contributed by atoms with Gasteiger partial charge in [0, 0.05) is 29.2 Å². The molecule has 0 bridgehead atoms. The Labute approximate surface area is 114 Å². The zero-order valence-corrected chi connectivity index (χ0v) is 12.1. The van der Waals surface area contributed by atoms with Crippen LogP contribution >= 0.6 is 22.0 Å². The van der Waals surface area contributed by atoms with E-state index in [2.05, 4.69) is 0 Å². The molecule has 0 aromatic carbocycles. The molecule has 0 spiro atoms. The van der Waals surface area contributed by atoms with E-state index < -0.39 is 9.05 Å². The molecule has 100 valence electrons. The summed E-state index contributed by atoms with van der Waals surface area (Å²) < 4.78 is 27.8. The lowest BCUT2D eigenvalue weighted by atomic mass is 10.2. The highest BCUT2D eigenvalue weighted by molar-refractivity contribution is 8.15. The van der Waals surface area contributed by atoms with Crippen LogP contribution in [-0.2, 0) is 13.8 Å². The van der Waals surface area contributed by atoms with Gasteiger partial charge in [0.1, 0.15) is 4.21 Å². The molecule has 1 fully saturated rings. The Morgan fingerprint density at radius 2 is 2.06 bits per heavy atom. The normalized spacial score (nSPS) is 16.9. The summed E-state index contributed by atoms with van der Waals surface area (Å²) in [6.45, 7) is 3.67. The van der Waals surface area contributed by atoms with Crippen LogP contribution in [0.2, 0.25) is 0 Å². The van der Waals surface area contributed by atoms with Crippen LogP contribution in [-0.4, -0.2) is 45.5 Å². The van der Waals surface area contributed by atoms with Crippen molar-refractivity contribution in [3.63, 3.8) is 0 Å². The first-order chi connectivity index (χ1) is 8.41. The maximum atomic E-state index is 12.2. The Morgan fingerprint density at radius 1 is 1.44 bits per heavy atom. The van der Waals surface area contributed by atoms with Gasteiger partial charge in [-0.3, -0.25) is 4.79 Å². The van der Waals surface area contributed by atoms with Crippen molar-refractivity contribution in [2.45, 2.75) is 11.1 Å². The molecule has 1 aromatic rings. The number of carbonyl (C=O) groups is 1. The first-order valence-electron chi connectivity index (χ1n) is 5.31. The van der Waals surface area contributed by atoms with Gasteiger partial charge in [-0.25, -0.2) is 8.42 Å². The predicted molar refractivity (Wildman–Crippen MR) is 68.8 cm³/mol. The number of halogens is 1. The van der Waals surface area contributed by atoms with Gasteiger partial charge < -0.3 is 9.64 Å². The molecule has 0 atom stereocenters. The third kappa shape index (κ3) is 2.69. The van der Waals surface area contributed by atoms with Gasteiger partial charge >= 0.3 is 0 Å². The third-order valence-corrected chi connectivity index (χ3v) is 6.05. The topological polar surface area (TPSA) is 63.7 Å². The second-order valence-corrected chi connectivity index (χ2v) is 7.55. The minimum Gasteiger partial charge on any atom is -0.378 e. The first kappa shape index (κ1) is 13.8. The Kier molecular flexibility index (Phi) is 3.96. The quantitative estimate of drug-likeness (QED) is 0.776. The molecule has 1 saturated heterocycles. The molecule has 0 unspecified atom stereocenters. The van der Waals surface area contributed by atoms with Gasteiger partial charge in [-0.1, -0.05) is 0 Å². The Bertz CT molecular complexity index is 560. The zero-order valence-electron chi connectivity index (χ0n) is 9.68. The summed E-state index contributed by atoms with van der Waals surface area (Å²) in [5, 5.41) is 1.54. The van der Waals surface area contributed by atoms with Gasteiger partial charge in [-0.15, -0.1) is 11.3 Å². The minimum atomic E-state index is -3.78. The third-order valence-electron chi connectivity index (χ3n) is 2.74. The van der Waals surface area contributed by atoms with Crippen molar-refractivity contribution < 1.29 is 17.9 Å². The fraction of sp³-hybridized carbons (Fsp3) is 0.500. The molecule has 0 saturated carbocycles. The number of hydrogen-bond acceptors (Lipinski definition) is 5. The van der Waals surface area contributed by atoms with Crippen molar-refractivity contribution in [1.29, 1.82) is 0 Å². The van der Waals surface area contributed by atoms with Crippen LogP contribution < -0.4 is 0 Å². The number of amides is 1. The first-order valence-corrected chi connectivity index (χ1v) is 8.50. The van der Waals surface area contributed by atoms with Crippen LogP contribution in [0.25, 0.3) is 0 Å². The summed E-state index contributed by atoms with van der Waals surface area (Å²) in [4.78, 5) is 13.9.